The number of benzene rings is 1. The summed E-state index contributed by atoms with van der Waals surface area (Å²) in [7, 11) is 0. The van der Waals surface area contributed by atoms with Crippen molar-refractivity contribution in [1.29, 1.82) is 0 Å². The Balaban J connectivity index is 1.78. The minimum absolute atomic E-state index is 0.0344. The molecule has 8 amide bonds. The van der Waals surface area contributed by atoms with Crippen LogP contribution in [-0.4, -0.2) is 130 Å². The molecule has 22 heteroatoms. The molecule has 1 saturated heterocycles. The number of carbonyl (C=O) groups is 9. The molecule has 2 atom stereocenters. The van der Waals surface area contributed by atoms with Crippen LogP contribution in [0, 0.1) is 11.3 Å². The first-order chi connectivity index (χ1) is 29.4. The van der Waals surface area contributed by atoms with Gasteiger partial charge < -0.3 is 60.8 Å². The zero-order valence-electron chi connectivity index (χ0n) is 36.0. The zero-order valence-corrected chi connectivity index (χ0v) is 36.0. The summed E-state index contributed by atoms with van der Waals surface area (Å²) in [6.45, 7) is 9.89. The molecule has 1 aliphatic rings. The Morgan fingerprint density at radius 1 is 0.742 bits per heavy atom. The summed E-state index contributed by atoms with van der Waals surface area (Å²) in [6, 6.07) is 3.57. The van der Waals surface area contributed by atoms with Crippen molar-refractivity contribution in [1.82, 2.24) is 26.3 Å². The summed E-state index contributed by atoms with van der Waals surface area (Å²) < 4.78 is 26.4. The Bertz CT molecular complexity index is 1650. The molecule has 0 saturated carbocycles. The first kappa shape index (κ1) is 52.3. The topological polar surface area (TPSA) is 298 Å². The van der Waals surface area contributed by atoms with Gasteiger partial charge in [-0.3, -0.25) is 28.8 Å². The molecule has 1 fully saturated rings. The molecule has 22 nitrogen and oxygen atoms in total. The molecule has 0 aromatic heterocycles. The van der Waals surface area contributed by atoms with E-state index in [4.69, 9.17) is 34.3 Å². The normalized spacial score (nSPS) is 13.5. The number of primary amides is 1. The number of urea groups is 1. The number of alkyl carbamates (subject to hydrolysis) is 1. The predicted octanol–water partition coefficient (Wildman–Crippen LogP) is 0.952. The lowest BCUT2D eigenvalue weighted by atomic mass is 9.97. The maximum absolute atomic E-state index is 13.4. The van der Waals surface area contributed by atoms with Crippen molar-refractivity contribution in [3.8, 4) is 0 Å². The van der Waals surface area contributed by atoms with E-state index in [-0.39, 0.29) is 110 Å². The van der Waals surface area contributed by atoms with E-state index >= 15 is 0 Å². The number of nitrogens with two attached hydrogens (primary N) is 1. The van der Waals surface area contributed by atoms with Gasteiger partial charge in [-0.2, -0.15) is 0 Å². The summed E-state index contributed by atoms with van der Waals surface area (Å²) in [6.07, 6.45) is -0.805. The van der Waals surface area contributed by atoms with Crippen molar-refractivity contribution < 1.29 is 71.7 Å². The highest BCUT2D eigenvalue weighted by Crippen LogP contribution is 2.16. The Labute approximate surface area is 360 Å². The number of esters is 1. The number of hydroxylamine groups is 2. The van der Waals surface area contributed by atoms with E-state index in [1.165, 1.54) is 0 Å². The van der Waals surface area contributed by atoms with Gasteiger partial charge in [-0.15, -0.1) is 5.06 Å². The fourth-order valence-electron chi connectivity index (χ4n) is 5.13. The average molecular weight is 880 g/mol. The highest BCUT2D eigenvalue weighted by molar-refractivity contribution is 6.01. The standard InChI is InChI=1S/C40H61N7O15/c1-26(2)34(46-30(48)14-18-57-19-15-33(51)62-47-31(49)12-13-32(47)50)36(53)45-29(7-6-16-42-38(41)55)35(52)44-28-10-8-27(9-11-28)25-61-39(56)43-17-20-58-21-22-59-23-24-60-37(54)40(3,4)5/h8-11,26,29,34H,6-7,12-25H2,1-5H3,(H,43,56)(H,44,52)(H,45,53)(H,46,48)(H3,41,42,55)/t29-,34-/m1/s1. The predicted molar refractivity (Wildman–Crippen MR) is 218 cm³/mol. The minimum Gasteiger partial charge on any atom is -0.463 e. The number of nitrogens with one attached hydrogen (secondary N) is 5. The Morgan fingerprint density at radius 3 is 1.98 bits per heavy atom. The quantitative estimate of drug-likeness (QED) is 0.0388. The highest BCUT2D eigenvalue weighted by atomic mass is 16.7. The molecule has 1 aromatic rings. The van der Waals surface area contributed by atoms with Crippen LogP contribution < -0.4 is 32.3 Å². The second-order valence-electron chi connectivity index (χ2n) is 15.2. The maximum atomic E-state index is 13.4. The number of hydrogen-bond donors (Lipinski definition) is 6. The number of anilines is 1. The van der Waals surface area contributed by atoms with Gasteiger partial charge in [0.15, 0.2) is 0 Å². The Hall–Kier alpha value is -5.87. The van der Waals surface area contributed by atoms with E-state index in [9.17, 15) is 43.2 Å². The number of ether oxygens (including phenoxy) is 5. The summed E-state index contributed by atoms with van der Waals surface area (Å²) in [5.41, 5.74) is 5.58. The molecule has 7 N–H and O–H groups in total. The van der Waals surface area contributed by atoms with Crippen LogP contribution in [0.2, 0.25) is 0 Å². The van der Waals surface area contributed by atoms with Gasteiger partial charge >= 0.3 is 24.1 Å². The number of rotatable bonds is 28. The number of nitrogens with zero attached hydrogens (tertiary/aromatic N) is 1. The van der Waals surface area contributed by atoms with Gasteiger partial charge in [0, 0.05) is 38.0 Å². The number of hydrogen-bond acceptors (Lipinski definition) is 15. The van der Waals surface area contributed by atoms with Crippen LogP contribution in [-0.2, 0) is 68.7 Å². The molecule has 0 bridgehead atoms. The maximum Gasteiger partial charge on any atom is 0.407 e. The second-order valence-corrected chi connectivity index (χ2v) is 15.2. The van der Waals surface area contributed by atoms with Crippen LogP contribution in [0.1, 0.15) is 78.7 Å². The van der Waals surface area contributed by atoms with E-state index in [0.29, 0.717) is 16.3 Å². The minimum atomic E-state index is -1.09. The zero-order chi connectivity index (χ0) is 46.1. The van der Waals surface area contributed by atoms with Crippen LogP contribution in [0.5, 0.6) is 0 Å². The Kier molecular flexibility index (Phi) is 23.5. The lowest BCUT2D eigenvalue weighted by Gasteiger charge is -2.25. The third kappa shape index (κ3) is 21.6. The first-order valence-corrected chi connectivity index (χ1v) is 20.3. The van der Waals surface area contributed by atoms with Crippen molar-refractivity contribution in [3.63, 3.8) is 0 Å². The summed E-state index contributed by atoms with van der Waals surface area (Å²) in [4.78, 5) is 114. The van der Waals surface area contributed by atoms with Crippen molar-refractivity contribution in [2.24, 2.45) is 17.1 Å². The highest BCUT2D eigenvalue weighted by Gasteiger charge is 2.33. The third-order valence-corrected chi connectivity index (χ3v) is 8.54. The molecule has 346 valence electrons. The number of carbonyl (C=O) groups excluding carboxylic acids is 9. The van der Waals surface area contributed by atoms with Crippen LogP contribution in [0.4, 0.5) is 15.3 Å². The smallest absolute Gasteiger partial charge is 0.407 e. The molecule has 0 spiro atoms. The van der Waals surface area contributed by atoms with Crippen LogP contribution in [0.3, 0.4) is 0 Å². The fourth-order valence-corrected chi connectivity index (χ4v) is 5.13. The van der Waals surface area contributed by atoms with Crippen molar-refractivity contribution in [2.45, 2.75) is 91.8 Å². The van der Waals surface area contributed by atoms with E-state index in [0.717, 1.165) is 0 Å². The summed E-state index contributed by atoms with van der Waals surface area (Å²) >= 11 is 0. The molecule has 0 radical (unpaired) electrons. The monoisotopic (exact) mass is 879 g/mol. The number of amides is 8. The van der Waals surface area contributed by atoms with Gasteiger partial charge in [-0.1, -0.05) is 26.0 Å². The lowest BCUT2D eigenvalue weighted by Crippen LogP contribution is -2.54. The van der Waals surface area contributed by atoms with Crippen molar-refractivity contribution in [2.75, 3.05) is 64.7 Å². The van der Waals surface area contributed by atoms with Gasteiger partial charge in [0.25, 0.3) is 11.8 Å². The van der Waals surface area contributed by atoms with Crippen LogP contribution >= 0.6 is 0 Å². The molecule has 0 aliphatic carbocycles. The fraction of sp³-hybridized carbons (Fsp3) is 0.625. The van der Waals surface area contributed by atoms with Gasteiger partial charge in [-0.05, 0) is 57.2 Å². The SMILES string of the molecule is CC(C)[C@@H](NC(=O)CCOCCC(=O)ON1C(=O)CCC1=O)C(=O)N[C@H](CCCNC(N)=O)C(=O)Nc1ccc(COC(=O)NCCOCCOCCOC(=O)C(C)(C)C)cc1. The van der Waals surface area contributed by atoms with Crippen molar-refractivity contribution >= 4 is 59.3 Å². The lowest BCUT2D eigenvalue weighted by molar-refractivity contribution is -0.198. The number of imide groups is 1. The van der Waals surface area contributed by atoms with Gasteiger partial charge in [-0.25, -0.2) is 14.4 Å². The van der Waals surface area contributed by atoms with E-state index in [2.05, 4.69) is 26.6 Å². The largest absolute Gasteiger partial charge is 0.463 e. The van der Waals surface area contributed by atoms with E-state index in [1.807, 2.05) is 0 Å². The van der Waals surface area contributed by atoms with E-state index < -0.39 is 71.0 Å². The van der Waals surface area contributed by atoms with Gasteiger partial charge in [0.2, 0.25) is 17.7 Å². The third-order valence-electron chi connectivity index (χ3n) is 8.54. The summed E-state index contributed by atoms with van der Waals surface area (Å²) in [5.74, 6) is -4.51. The Morgan fingerprint density at radius 2 is 1.35 bits per heavy atom. The molecule has 2 rings (SSSR count). The molecular weight excluding hydrogens is 818 g/mol. The van der Waals surface area contributed by atoms with Gasteiger partial charge in [0.1, 0.15) is 25.3 Å². The first-order valence-electron chi connectivity index (χ1n) is 20.3. The molecule has 62 heavy (non-hydrogen) atoms. The molecule has 1 heterocycles. The molecule has 1 aliphatic heterocycles. The van der Waals surface area contributed by atoms with Crippen molar-refractivity contribution in [3.05, 3.63) is 29.8 Å². The summed E-state index contributed by atoms with van der Waals surface area (Å²) in [5, 5.41) is 13.5. The second kappa shape index (κ2) is 27.9. The molecular formula is C40H61N7O15. The molecule has 0 unspecified atom stereocenters. The van der Waals surface area contributed by atoms with E-state index in [1.54, 1.807) is 58.9 Å². The average Bonchev–Trinajstić information content (AvgIpc) is 3.52. The van der Waals surface area contributed by atoms with Crippen LogP contribution in [0.25, 0.3) is 0 Å². The van der Waals surface area contributed by atoms with Crippen LogP contribution in [0.15, 0.2) is 24.3 Å². The van der Waals surface area contributed by atoms with Gasteiger partial charge in [0.05, 0.1) is 51.5 Å². The molecule has 1 aromatic carbocycles.